The van der Waals surface area contributed by atoms with Gasteiger partial charge in [0.15, 0.2) is 11.5 Å². The quantitative estimate of drug-likeness (QED) is 0.835. The van der Waals surface area contributed by atoms with Crippen LogP contribution >= 0.6 is 11.8 Å². The second-order valence-electron chi connectivity index (χ2n) is 6.68. The summed E-state index contributed by atoms with van der Waals surface area (Å²) in [5, 5.41) is 0. The van der Waals surface area contributed by atoms with Crippen molar-refractivity contribution in [1.29, 1.82) is 0 Å². The Morgan fingerprint density at radius 2 is 2.00 bits per heavy atom. The maximum atomic E-state index is 13.2. The van der Waals surface area contributed by atoms with Crippen molar-refractivity contribution in [1.82, 2.24) is 9.80 Å². The lowest BCUT2D eigenvalue weighted by atomic mass is 10.1. The Morgan fingerprint density at radius 1 is 1.29 bits per heavy atom. The number of likely N-dealkylation sites (N-methyl/N-ethyl adjacent to an activating group) is 1. The summed E-state index contributed by atoms with van der Waals surface area (Å²) in [4.78, 5) is 17.4. The van der Waals surface area contributed by atoms with Gasteiger partial charge < -0.3 is 19.3 Å². The molecular formula is C18H26N2O3S. The first kappa shape index (κ1) is 17.4. The third-order valence-electron chi connectivity index (χ3n) is 4.38. The second-order valence-corrected chi connectivity index (χ2v) is 7.83. The first-order valence-corrected chi connectivity index (χ1v) is 9.67. The fourth-order valence-corrected chi connectivity index (χ4v) is 4.30. The number of fused-ring (bicyclic) bond motifs is 1. The van der Waals surface area contributed by atoms with Crippen molar-refractivity contribution in [3.8, 4) is 11.5 Å². The first-order chi connectivity index (χ1) is 11.6. The SMILES string of the molecule is CC1Oc2ccccc2OC1C(=O)N1CCCSCC1CN(C)C. The fraction of sp³-hybridized carbons (Fsp3) is 0.611. The minimum Gasteiger partial charge on any atom is -0.482 e. The number of para-hydroxylation sites is 2. The van der Waals surface area contributed by atoms with Gasteiger partial charge in [-0.15, -0.1) is 0 Å². The molecule has 0 saturated carbocycles. The van der Waals surface area contributed by atoms with E-state index >= 15 is 0 Å². The maximum absolute atomic E-state index is 13.2. The largest absolute Gasteiger partial charge is 0.482 e. The minimum atomic E-state index is -0.576. The third-order valence-corrected chi connectivity index (χ3v) is 5.58. The molecular weight excluding hydrogens is 324 g/mol. The van der Waals surface area contributed by atoms with Gasteiger partial charge in [0.1, 0.15) is 6.10 Å². The number of thioether (sulfide) groups is 1. The van der Waals surface area contributed by atoms with Crippen molar-refractivity contribution in [2.45, 2.75) is 31.6 Å². The molecule has 24 heavy (non-hydrogen) atoms. The summed E-state index contributed by atoms with van der Waals surface area (Å²) in [7, 11) is 4.11. The van der Waals surface area contributed by atoms with Gasteiger partial charge in [0, 0.05) is 18.8 Å². The van der Waals surface area contributed by atoms with Crippen LogP contribution in [0.5, 0.6) is 11.5 Å². The van der Waals surface area contributed by atoms with Gasteiger partial charge in [-0.05, 0) is 45.3 Å². The maximum Gasteiger partial charge on any atom is 0.267 e. The summed E-state index contributed by atoms with van der Waals surface area (Å²) in [5.41, 5.74) is 0. The lowest BCUT2D eigenvalue weighted by Gasteiger charge is -2.37. The predicted molar refractivity (Wildman–Crippen MR) is 96.9 cm³/mol. The standard InChI is InChI=1S/C18H26N2O3S/c1-13-17(23-16-8-5-4-7-15(16)22-13)18(21)20-9-6-10-24-12-14(20)11-19(2)3/h4-5,7-8,13-14,17H,6,9-12H2,1-3H3. The number of rotatable bonds is 3. The highest BCUT2D eigenvalue weighted by Crippen LogP contribution is 2.34. The van der Waals surface area contributed by atoms with Crippen LogP contribution in [-0.2, 0) is 4.79 Å². The molecule has 1 aromatic rings. The van der Waals surface area contributed by atoms with Crippen molar-refractivity contribution in [2.75, 3.05) is 38.7 Å². The molecule has 132 valence electrons. The van der Waals surface area contributed by atoms with Gasteiger partial charge in [0.2, 0.25) is 6.10 Å². The first-order valence-electron chi connectivity index (χ1n) is 8.51. The normalized spacial score (nSPS) is 27.0. The Balaban J connectivity index is 1.78. The highest BCUT2D eigenvalue weighted by Gasteiger charge is 2.39. The minimum absolute atomic E-state index is 0.0475. The van der Waals surface area contributed by atoms with Gasteiger partial charge in [-0.3, -0.25) is 4.79 Å². The number of benzene rings is 1. The van der Waals surface area contributed by atoms with Gasteiger partial charge in [0.25, 0.3) is 5.91 Å². The Hall–Kier alpha value is -1.40. The summed E-state index contributed by atoms with van der Waals surface area (Å²) < 4.78 is 11.9. The smallest absolute Gasteiger partial charge is 0.267 e. The van der Waals surface area contributed by atoms with Crippen LogP contribution in [-0.4, -0.2) is 72.6 Å². The molecule has 0 N–H and O–H groups in total. The Kier molecular flexibility index (Phi) is 5.56. The van der Waals surface area contributed by atoms with Crippen LogP contribution in [0.15, 0.2) is 24.3 Å². The molecule has 3 atom stereocenters. The van der Waals surface area contributed by atoms with Gasteiger partial charge >= 0.3 is 0 Å². The lowest BCUT2D eigenvalue weighted by molar-refractivity contribution is -0.146. The van der Waals surface area contributed by atoms with E-state index in [9.17, 15) is 4.79 Å². The number of nitrogens with zero attached hydrogens (tertiary/aromatic N) is 2. The van der Waals surface area contributed by atoms with Crippen LogP contribution in [0.2, 0.25) is 0 Å². The molecule has 2 aliphatic rings. The number of amides is 1. The Bertz CT molecular complexity index is 581. The van der Waals surface area contributed by atoms with Crippen LogP contribution in [0.25, 0.3) is 0 Å². The van der Waals surface area contributed by atoms with E-state index < -0.39 is 6.10 Å². The fourth-order valence-electron chi connectivity index (χ4n) is 3.25. The summed E-state index contributed by atoms with van der Waals surface area (Å²) >= 11 is 1.93. The van der Waals surface area contributed by atoms with Crippen LogP contribution in [0.4, 0.5) is 0 Å². The molecule has 5 nitrogen and oxygen atoms in total. The molecule has 0 aliphatic carbocycles. The van der Waals surface area contributed by atoms with E-state index in [1.807, 2.05) is 47.9 Å². The van der Waals surface area contributed by atoms with E-state index in [0.29, 0.717) is 11.5 Å². The average molecular weight is 350 g/mol. The molecule has 2 aliphatic heterocycles. The molecule has 0 radical (unpaired) electrons. The van der Waals surface area contributed by atoms with Crippen LogP contribution in [0.1, 0.15) is 13.3 Å². The monoisotopic (exact) mass is 350 g/mol. The predicted octanol–water partition coefficient (Wildman–Crippen LogP) is 2.11. The van der Waals surface area contributed by atoms with Gasteiger partial charge in [0.05, 0.1) is 6.04 Å². The van der Waals surface area contributed by atoms with Gasteiger partial charge in [-0.25, -0.2) is 0 Å². The molecule has 1 aromatic carbocycles. The number of hydrogen-bond acceptors (Lipinski definition) is 5. The molecule has 1 saturated heterocycles. The van der Waals surface area contributed by atoms with Gasteiger partial charge in [-0.1, -0.05) is 12.1 Å². The van der Waals surface area contributed by atoms with Crippen LogP contribution < -0.4 is 9.47 Å². The summed E-state index contributed by atoms with van der Waals surface area (Å²) in [6.07, 6.45) is 0.162. The summed E-state index contributed by atoms with van der Waals surface area (Å²) in [6, 6.07) is 7.77. The third kappa shape index (κ3) is 3.81. The van der Waals surface area contributed by atoms with Crippen molar-refractivity contribution < 1.29 is 14.3 Å². The van der Waals surface area contributed by atoms with E-state index in [0.717, 1.165) is 31.0 Å². The molecule has 1 amide bonds. The van der Waals surface area contributed by atoms with E-state index in [-0.39, 0.29) is 18.1 Å². The van der Waals surface area contributed by atoms with Crippen LogP contribution in [0, 0.1) is 0 Å². The highest BCUT2D eigenvalue weighted by atomic mass is 32.2. The second kappa shape index (κ2) is 7.66. The average Bonchev–Trinajstić information content (AvgIpc) is 2.78. The number of ether oxygens (including phenoxy) is 2. The highest BCUT2D eigenvalue weighted by molar-refractivity contribution is 7.99. The molecule has 2 heterocycles. The van der Waals surface area contributed by atoms with E-state index in [1.165, 1.54) is 0 Å². The molecule has 3 unspecified atom stereocenters. The topological polar surface area (TPSA) is 42.0 Å². The molecule has 6 heteroatoms. The lowest BCUT2D eigenvalue weighted by Crippen LogP contribution is -2.55. The summed E-state index contributed by atoms with van der Waals surface area (Å²) in [6.45, 7) is 3.57. The van der Waals surface area contributed by atoms with E-state index in [4.69, 9.17) is 9.47 Å². The van der Waals surface area contributed by atoms with Crippen molar-refractivity contribution in [3.63, 3.8) is 0 Å². The zero-order chi connectivity index (χ0) is 17.1. The molecule has 0 bridgehead atoms. The number of carbonyl (C=O) groups excluding carboxylic acids is 1. The molecule has 0 spiro atoms. The van der Waals surface area contributed by atoms with E-state index in [2.05, 4.69) is 19.0 Å². The van der Waals surface area contributed by atoms with Crippen molar-refractivity contribution in [3.05, 3.63) is 24.3 Å². The van der Waals surface area contributed by atoms with Crippen molar-refractivity contribution >= 4 is 17.7 Å². The van der Waals surface area contributed by atoms with Gasteiger partial charge in [-0.2, -0.15) is 11.8 Å². The van der Waals surface area contributed by atoms with Crippen molar-refractivity contribution in [2.24, 2.45) is 0 Å². The molecule has 0 aromatic heterocycles. The number of hydrogen-bond donors (Lipinski definition) is 0. The van der Waals surface area contributed by atoms with Crippen LogP contribution in [0.3, 0.4) is 0 Å². The summed E-state index contributed by atoms with van der Waals surface area (Å²) in [5.74, 6) is 3.50. The number of carbonyl (C=O) groups is 1. The zero-order valence-electron chi connectivity index (χ0n) is 14.6. The molecule has 3 rings (SSSR count). The molecule has 1 fully saturated rings. The van der Waals surface area contributed by atoms with E-state index in [1.54, 1.807) is 0 Å². The Labute approximate surface area is 148 Å². The zero-order valence-corrected chi connectivity index (χ0v) is 15.4. The Morgan fingerprint density at radius 3 is 2.71 bits per heavy atom.